The van der Waals surface area contributed by atoms with E-state index < -0.39 is 12.1 Å². The van der Waals surface area contributed by atoms with Gasteiger partial charge in [-0.15, -0.1) is 0 Å². The minimum Gasteiger partial charge on any atom is -0.479 e. The van der Waals surface area contributed by atoms with Crippen LogP contribution in [0.4, 0.5) is 0 Å². The Balaban J connectivity index is 2.11. The van der Waals surface area contributed by atoms with E-state index >= 15 is 0 Å². The molecule has 1 aliphatic heterocycles. The lowest BCUT2D eigenvalue weighted by molar-refractivity contribution is -0.150. The van der Waals surface area contributed by atoms with Crippen LogP contribution >= 0.6 is 0 Å². The van der Waals surface area contributed by atoms with Crippen molar-refractivity contribution in [3.05, 3.63) is 0 Å². The van der Waals surface area contributed by atoms with Gasteiger partial charge >= 0.3 is 5.97 Å². The Morgan fingerprint density at radius 1 is 1.83 bits per heavy atom. The van der Waals surface area contributed by atoms with Gasteiger partial charge in [0.2, 0.25) is 0 Å². The zero-order chi connectivity index (χ0) is 8.97. The summed E-state index contributed by atoms with van der Waals surface area (Å²) in [5, 5.41) is 8.49. The molecule has 0 radical (unpaired) electrons. The molecule has 2 atom stereocenters. The normalized spacial score (nSPS) is 25.6. The first-order chi connectivity index (χ1) is 5.70. The molecule has 0 aromatic carbocycles. The molecule has 12 heavy (non-hydrogen) atoms. The standard InChI is InChI=1S/C8H14O4/c1-6(8(9)10)12-5-7-3-2-4-11-7/h6-7H,2-5H2,1H3,(H,9,10)/t6-,7-/m1/s1. The average Bonchev–Trinajstić information content (AvgIpc) is 2.51. The molecule has 0 saturated carbocycles. The lowest BCUT2D eigenvalue weighted by Gasteiger charge is -2.12. The van der Waals surface area contributed by atoms with Crippen LogP contribution in [0.5, 0.6) is 0 Å². The summed E-state index contributed by atoms with van der Waals surface area (Å²) in [4.78, 5) is 10.3. The minimum absolute atomic E-state index is 0.104. The van der Waals surface area contributed by atoms with E-state index in [2.05, 4.69) is 0 Å². The predicted octanol–water partition coefficient (Wildman–Crippen LogP) is 0.655. The number of aliphatic carboxylic acids is 1. The summed E-state index contributed by atoms with van der Waals surface area (Å²) >= 11 is 0. The van der Waals surface area contributed by atoms with Gasteiger partial charge in [0.25, 0.3) is 0 Å². The Morgan fingerprint density at radius 2 is 2.58 bits per heavy atom. The van der Waals surface area contributed by atoms with Gasteiger partial charge in [-0.1, -0.05) is 0 Å². The number of carboxylic acid groups (broad SMARTS) is 1. The second kappa shape index (κ2) is 4.42. The fourth-order valence-electron chi connectivity index (χ4n) is 1.10. The van der Waals surface area contributed by atoms with Crippen LogP contribution in [0.3, 0.4) is 0 Å². The van der Waals surface area contributed by atoms with E-state index in [4.69, 9.17) is 14.6 Å². The van der Waals surface area contributed by atoms with E-state index in [1.807, 2.05) is 0 Å². The number of carbonyl (C=O) groups is 1. The summed E-state index contributed by atoms with van der Waals surface area (Å²) < 4.78 is 10.3. The van der Waals surface area contributed by atoms with Crippen molar-refractivity contribution >= 4 is 5.97 Å². The van der Waals surface area contributed by atoms with Crippen molar-refractivity contribution in [2.45, 2.75) is 32.0 Å². The van der Waals surface area contributed by atoms with Gasteiger partial charge < -0.3 is 14.6 Å². The molecule has 1 fully saturated rings. The Kier molecular flexibility index (Phi) is 3.49. The SMILES string of the molecule is C[C@@H](OC[C@H]1CCCO1)C(=O)O. The zero-order valence-electron chi connectivity index (χ0n) is 7.16. The first-order valence-electron chi connectivity index (χ1n) is 4.16. The van der Waals surface area contributed by atoms with Gasteiger partial charge in [0.15, 0.2) is 6.10 Å². The fraction of sp³-hybridized carbons (Fsp3) is 0.875. The maximum Gasteiger partial charge on any atom is 0.332 e. The number of rotatable bonds is 4. The smallest absolute Gasteiger partial charge is 0.332 e. The van der Waals surface area contributed by atoms with Crippen molar-refractivity contribution in [3.63, 3.8) is 0 Å². The molecule has 1 N–H and O–H groups in total. The van der Waals surface area contributed by atoms with E-state index in [1.54, 1.807) is 0 Å². The monoisotopic (exact) mass is 174 g/mol. The largest absolute Gasteiger partial charge is 0.479 e. The van der Waals surface area contributed by atoms with Crippen molar-refractivity contribution in [2.75, 3.05) is 13.2 Å². The third-order valence-electron chi connectivity index (χ3n) is 1.90. The molecule has 1 rings (SSSR count). The van der Waals surface area contributed by atoms with E-state index in [0.717, 1.165) is 19.4 Å². The van der Waals surface area contributed by atoms with Gasteiger partial charge in [0.05, 0.1) is 12.7 Å². The van der Waals surface area contributed by atoms with Crippen LogP contribution < -0.4 is 0 Å². The maximum absolute atomic E-state index is 10.3. The predicted molar refractivity (Wildman–Crippen MR) is 42.0 cm³/mol. The molecule has 0 spiro atoms. The third kappa shape index (κ3) is 2.79. The first kappa shape index (κ1) is 9.48. The summed E-state index contributed by atoms with van der Waals surface area (Å²) in [6, 6.07) is 0. The summed E-state index contributed by atoms with van der Waals surface area (Å²) in [5.74, 6) is -0.923. The molecule has 1 aliphatic rings. The topological polar surface area (TPSA) is 55.8 Å². The molecule has 1 heterocycles. The first-order valence-corrected chi connectivity index (χ1v) is 4.16. The molecular formula is C8H14O4. The van der Waals surface area contributed by atoms with E-state index in [9.17, 15) is 4.79 Å². The van der Waals surface area contributed by atoms with Crippen molar-refractivity contribution in [1.82, 2.24) is 0 Å². The van der Waals surface area contributed by atoms with Gasteiger partial charge in [-0.3, -0.25) is 0 Å². The Labute approximate surface area is 71.5 Å². The van der Waals surface area contributed by atoms with Crippen molar-refractivity contribution in [3.8, 4) is 0 Å². The van der Waals surface area contributed by atoms with E-state index in [1.165, 1.54) is 6.92 Å². The Bertz CT molecular complexity index is 151. The second-order valence-electron chi connectivity index (χ2n) is 2.95. The molecule has 0 unspecified atom stereocenters. The molecule has 0 bridgehead atoms. The van der Waals surface area contributed by atoms with Gasteiger partial charge in [-0.25, -0.2) is 4.79 Å². The summed E-state index contributed by atoms with van der Waals surface area (Å²) in [5.41, 5.74) is 0. The van der Waals surface area contributed by atoms with Gasteiger partial charge in [0.1, 0.15) is 0 Å². The van der Waals surface area contributed by atoms with Gasteiger partial charge in [-0.05, 0) is 19.8 Å². The van der Waals surface area contributed by atoms with Crippen LogP contribution in [0.2, 0.25) is 0 Å². The lowest BCUT2D eigenvalue weighted by atomic mass is 10.2. The van der Waals surface area contributed by atoms with E-state index in [0.29, 0.717) is 6.61 Å². The van der Waals surface area contributed by atoms with Crippen LogP contribution in [0.1, 0.15) is 19.8 Å². The quantitative estimate of drug-likeness (QED) is 0.680. The highest BCUT2D eigenvalue weighted by atomic mass is 16.5. The van der Waals surface area contributed by atoms with E-state index in [-0.39, 0.29) is 6.10 Å². The molecule has 1 saturated heterocycles. The van der Waals surface area contributed by atoms with Crippen LogP contribution in [0.15, 0.2) is 0 Å². The van der Waals surface area contributed by atoms with Crippen LogP contribution in [-0.4, -0.2) is 36.5 Å². The second-order valence-corrected chi connectivity index (χ2v) is 2.95. The minimum atomic E-state index is -0.923. The van der Waals surface area contributed by atoms with Crippen LogP contribution in [0, 0.1) is 0 Å². The Morgan fingerprint density at radius 3 is 3.08 bits per heavy atom. The summed E-state index contributed by atoms with van der Waals surface area (Å²) in [7, 11) is 0. The van der Waals surface area contributed by atoms with Crippen LogP contribution in [-0.2, 0) is 14.3 Å². The molecule has 0 aromatic heterocycles. The van der Waals surface area contributed by atoms with Crippen molar-refractivity contribution in [2.24, 2.45) is 0 Å². The number of carboxylic acids is 1. The molecular weight excluding hydrogens is 160 g/mol. The lowest BCUT2D eigenvalue weighted by Crippen LogP contribution is -2.25. The highest BCUT2D eigenvalue weighted by Crippen LogP contribution is 2.12. The molecule has 0 aliphatic carbocycles. The molecule has 70 valence electrons. The molecule has 0 aromatic rings. The number of ether oxygens (including phenoxy) is 2. The molecule has 0 amide bonds. The fourth-order valence-corrected chi connectivity index (χ4v) is 1.10. The maximum atomic E-state index is 10.3. The van der Waals surface area contributed by atoms with Crippen molar-refractivity contribution < 1.29 is 19.4 Å². The third-order valence-corrected chi connectivity index (χ3v) is 1.90. The van der Waals surface area contributed by atoms with Crippen LogP contribution in [0.25, 0.3) is 0 Å². The highest BCUT2D eigenvalue weighted by molar-refractivity contribution is 5.71. The average molecular weight is 174 g/mol. The summed E-state index contributed by atoms with van der Waals surface area (Å²) in [6.45, 7) is 2.69. The molecule has 4 heteroatoms. The Hall–Kier alpha value is -0.610. The number of hydrogen-bond acceptors (Lipinski definition) is 3. The zero-order valence-corrected chi connectivity index (χ0v) is 7.16. The van der Waals surface area contributed by atoms with Gasteiger partial charge in [0, 0.05) is 6.61 Å². The van der Waals surface area contributed by atoms with Crippen molar-refractivity contribution in [1.29, 1.82) is 0 Å². The molecule has 4 nitrogen and oxygen atoms in total. The number of hydrogen-bond donors (Lipinski definition) is 1. The summed E-state index contributed by atoms with van der Waals surface area (Å²) in [6.07, 6.45) is 1.41. The van der Waals surface area contributed by atoms with Gasteiger partial charge in [-0.2, -0.15) is 0 Å². The highest BCUT2D eigenvalue weighted by Gasteiger charge is 2.18.